The standard InChI is InChI=1S/C17H26N2O/c1-3-16(14-7-5-4-6-8-14)17(20)19-12-15-9-10-18-11-13(15)2/h4-8,13,15-16,18H,3,9-12H2,1-2H3,(H,19,20). The first-order chi connectivity index (χ1) is 9.72. The molecule has 3 heteroatoms. The molecule has 0 aromatic heterocycles. The smallest absolute Gasteiger partial charge is 0.227 e. The van der Waals surface area contributed by atoms with Crippen LogP contribution in [0.2, 0.25) is 0 Å². The quantitative estimate of drug-likeness (QED) is 0.866. The Kier molecular flexibility index (Phi) is 5.60. The van der Waals surface area contributed by atoms with Crippen LogP contribution in [0.15, 0.2) is 30.3 Å². The van der Waals surface area contributed by atoms with Crippen LogP contribution in [-0.2, 0) is 4.79 Å². The first kappa shape index (κ1) is 15.0. The second kappa shape index (κ2) is 7.44. The summed E-state index contributed by atoms with van der Waals surface area (Å²) in [5, 5.41) is 6.56. The number of hydrogen-bond acceptors (Lipinski definition) is 2. The number of benzene rings is 1. The first-order valence-electron chi connectivity index (χ1n) is 7.75. The molecule has 0 bridgehead atoms. The molecule has 1 aliphatic rings. The molecule has 1 amide bonds. The molecule has 2 N–H and O–H groups in total. The molecule has 0 aliphatic carbocycles. The number of hydrogen-bond donors (Lipinski definition) is 2. The first-order valence-corrected chi connectivity index (χ1v) is 7.75. The molecule has 1 heterocycles. The van der Waals surface area contributed by atoms with Crippen molar-refractivity contribution in [2.24, 2.45) is 11.8 Å². The van der Waals surface area contributed by atoms with Crippen molar-refractivity contribution in [2.75, 3.05) is 19.6 Å². The maximum atomic E-state index is 12.4. The lowest BCUT2D eigenvalue weighted by atomic mass is 9.87. The second-order valence-electron chi connectivity index (χ2n) is 5.85. The van der Waals surface area contributed by atoms with Crippen molar-refractivity contribution in [2.45, 2.75) is 32.6 Å². The summed E-state index contributed by atoms with van der Waals surface area (Å²) in [4.78, 5) is 12.4. The lowest BCUT2D eigenvalue weighted by Gasteiger charge is -2.30. The summed E-state index contributed by atoms with van der Waals surface area (Å²) in [5.74, 6) is 1.40. The summed E-state index contributed by atoms with van der Waals surface area (Å²) in [6, 6.07) is 10.1. The van der Waals surface area contributed by atoms with Gasteiger partial charge in [0.15, 0.2) is 0 Å². The lowest BCUT2D eigenvalue weighted by Crippen LogP contribution is -2.42. The van der Waals surface area contributed by atoms with Crippen molar-refractivity contribution in [3.05, 3.63) is 35.9 Å². The Morgan fingerprint density at radius 2 is 2.15 bits per heavy atom. The van der Waals surface area contributed by atoms with Gasteiger partial charge in [0.25, 0.3) is 0 Å². The number of rotatable bonds is 5. The molecule has 20 heavy (non-hydrogen) atoms. The van der Waals surface area contributed by atoms with E-state index in [0.29, 0.717) is 11.8 Å². The van der Waals surface area contributed by atoms with Gasteiger partial charge in [-0.25, -0.2) is 0 Å². The summed E-state index contributed by atoms with van der Waals surface area (Å²) >= 11 is 0. The molecule has 2 rings (SSSR count). The predicted octanol–water partition coefficient (Wildman–Crippen LogP) is 2.54. The number of piperidine rings is 1. The van der Waals surface area contributed by atoms with Crippen molar-refractivity contribution in [1.82, 2.24) is 10.6 Å². The monoisotopic (exact) mass is 274 g/mol. The van der Waals surface area contributed by atoms with E-state index in [4.69, 9.17) is 0 Å². The van der Waals surface area contributed by atoms with Crippen LogP contribution in [0, 0.1) is 11.8 Å². The lowest BCUT2D eigenvalue weighted by molar-refractivity contribution is -0.122. The van der Waals surface area contributed by atoms with Gasteiger partial charge in [-0.1, -0.05) is 44.2 Å². The Morgan fingerprint density at radius 3 is 2.80 bits per heavy atom. The van der Waals surface area contributed by atoms with Crippen LogP contribution >= 0.6 is 0 Å². The minimum absolute atomic E-state index is 0.0202. The van der Waals surface area contributed by atoms with Gasteiger partial charge in [0.2, 0.25) is 5.91 Å². The highest BCUT2D eigenvalue weighted by molar-refractivity contribution is 5.83. The summed E-state index contributed by atoms with van der Waals surface area (Å²) < 4.78 is 0. The molecule has 0 spiro atoms. The van der Waals surface area contributed by atoms with Crippen molar-refractivity contribution in [3.63, 3.8) is 0 Å². The van der Waals surface area contributed by atoms with Gasteiger partial charge in [0, 0.05) is 6.54 Å². The molecule has 1 fully saturated rings. The Hall–Kier alpha value is -1.35. The normalized spacial score (nSPS) is 24.1. The van der Waals surface area contributed by atoms with E-state index in [1.54, 1.807) is 0 Å². The Bertz CT molecular complexity index is 418. The van der Waals surface area contributed by atoms with Gasteiger partial charge in [-0.05, 0) is 43.3 Å². The molecule has 1 saturated heterocycles. The van der Waals surface area contributed by atoms with Crippen LogP contribution in [-0.4, -0.2) is 25.5 Å². The van der Waals surface area contributed by atoms with E-state index in [0.717, 1.165) is 38.0 Å². The predicted molar refractivity (Wildman–Crippen MR) is 82.6 cm³/mol. The molecule has 3 atom stereocenters. The molecule has 0 saturated carbocycles. The minimum atomic E-state index is -0.0202. The van der Waals surface area contributed by atoms with Crippen LogP contribution in [0.4, 0.5) is 0 Å². The van der Waals surface area contributed by atoms with E-state index < -0.39 is 0 Å². The molecule has 0 radical (unpaired) electrons. The molecular weight excluding hydrogens is 248 g/mol. The highest BCUT2D eigenvalue weighted by Gasteiger charge is 2.23. The Labute approximate surface area is 122 Å². The molecule has 3 unspecified atom stereocenters. The summed E-state index contributed by atoms with van der Waals surface area (Å²) in [6.07, 6.45) is 2.00. The van der Waals surface area contributed by atoms with Crippen LogP contribution in [0.3, 0.4) is 0 Å². The van der Waals surface area contributed by atoms with E-state index in [1.807, 2.05) is 30.3 Å². The average molecular weight is 274 g/mol. The molecule has 1 aromatic rings. The number of carbonyl (C=O) groups excluding carboxylic acids is 1. The summed E-state index contributed by atoms with van der Waals surface area (Å²) in [6.45, 7) is 7.28. The van der Waals surface area contributed by atoms with E-state index in [1.165, 1.54) is 0 Å². The zero-order chi connectivity index (χ0) is 14.4. The Morgan fingerprint density at radius 1 is 1.40 bits per heavy atom. The average Bonchev–Trinajstić information content (AvgIpc) is 2.48. The largest absolute Gasteiger partial charge is 0.355 e. The van der Waals surface area contributed by atoms with Crippen LogP contribution in [0.1, 0.15) is 38.2 Å². The topological polar surface area (TPSA) is 41.1 Å². The van der Waals surface area contributed by atoms with Gasteiger partial charge in [-0.3, -0.25) is 4.79 Å². The van der Waals surface area contributed by atoms with Gasteiger partial charge >= 0.3 is 0 Å². The zero-order valence-electron chi connectivity index (χ0n) is 12.6. The maximum absolute atomic E-state index is 12.4. The summed E-state index contributed by atoms with van der Waals surface area (Å²) in [7, 11) is 0. The molecule has 1 aromatic carbocycles. The minimum Gasteiger partial charge on any atom is -0.355 e. The van der Waals surface area contributed by atoms with Crippen LogP contribution in [0.25, 0.3) is 0 Å². The van der Waals surface area contributed by atoms with E-state index in [2.05, 4.69) is 24.5 Å². The van der Waals surface area contributed by atoms with Crippen molar-refractivity contribution >= 4 is 5.91 Å². The van der Waals surface area contributed by atoms with Crippen LogP contribution < -0.4 is 10.6 Å². The van der Waals surface area contributed by atoms with Crippen molar-refractivity contribution in [3.8, 4) is 0 Å². The zero-order valence-corrected chi connectivity index (χ0v) is 12.6. The fourth-order valence-electron chi connectivity index (χ4n) is 2.98. The SMILES string of the molecule is CCC(C(=O)NCC1CCNCC1C)c1ccccc1. The van der Waals surface area contributed by atoms with Crippen LogP contribution in [0.5, 0.6) is 0 Å². The number of nitrogens with one attached hydrogen (secondary N) is 2. The Balaban J connectivity index is 1.89. The third kappa shape index (κ3) is 3.83. The highest BCUT2D eigenvalue weighted by atomic mass is 16.1. The molecule has 110 valence electrons. The number of carbonyl (C=O) groups is 1. The second-order valence-corrected chi connectivity index (χ2v) is 5.85. The van der Waals surface area contributed by atoms with E-state index >= 15 is 0 Å². The molecule has 3 nitrogen and oxygen atoms in total. The van der Waals surface area contributed by atoms with Gasteiger partial charge in [0.1, 0.15) is 0 Å². The van der Waals surface area contributed by atoms with Gasteiger partial charge < -0.3 is 10.6 Å². The molecular formula is C17H26N2O. The third-order valence-electron chi connectivity index (χ3n) is 4.43. The maximum Gasteiger partial charge on any atom is 0.227 e. The summed E-state index contributed by atoms with van der Waals surface area (Å²) in [5.41, 5.74) is 1.12. The fourth-order valence-corrected chi connectivity index (χ4v) is 2.98. The van der Waals surface area contributed by atoms with Gasteiger partial charge in [0.05, 0.1) is 5.92 Å². The van der Waals surface area contributed by atoms with E-state index in [9.17, 15) is 4.79 Å². The number of amides is 1. The van der Waals surface area contributed by atoms with E-state index in [-0.39, 0.29) is 11.8 Å². The molecule has 1 aliphatic heterocycles. The van der Waals surface area contributed by atoms with Gasteiger partial charge in [-0.2, -0.15) is 0 Å². The van der Waals surface area contributed by atoms with Crippen molar-refractivity contribution in [1.29, 1.82) is 0 Å². The third-order valence-corrected chi connectivity index (χ3v) is 4.43. The van der Waals surface area contributed by atoms with Gasteiger partial charge in [-0.15, -0.1) is 0 Å². The fraction of sp³-hybridized carbons (Fsp3) is 0.588. The van der Waals surface area contributed by atoms with Crippen molar-refractivity contribution < 1.29 is 4.79 Å². The highest BCUT2D eigenvalue weighted by Crippen LogP contribution is 2.21.